The van der Waals surface area contributed by atoms with E-state index in [1.807, 2.05) is 13.0 Å². The molecule has 0 aliphatic heterocycles. The van der Waals surface area contributed by atoms with Gasteiger partial charge in [-0.25, -0.2) is 5.43 Å². The molecule has 1 unspecified atom stereocenters. The molecule has 2 aromatic carbocycles. The zero-order valence-corrected chi connectivity index (χ0v) is 20.0. The Bertz CT molecular complexity index is 934. The van der Waals surface area contributed by atoms with E-state index >= 15 is 0 Å². The molecular weight excluding hydrogens is 518 g/mol. The number of carbonyl (C=O) groups excluding carboxylic acids is 2. The maximum atomic E-state index is 12.3. The molecule has 2 aromatic rings. The molecule has 30 heavy (non-hydrogen) atoms. The lowest BCUT2D eigenvalue weighted by atomic mass is 10.2. The molecule has 1 atom stereocenters. The summed E-state index contributed by atoms with van der Waals surface area (Å²) in [5, 5.41) is 6.61. The molecule has 2 amide bonds. The van der Waals surface area contributed by atoms with Gasteiger partial charge in [-0.1, -0.05) is 19.1 Å². The number of nitrogens with zero attached hydrogens (tertiary/aromatic N) is 1. The molecule has 0 bridgehead atoms. The first-order valence-corrected chi connectivity index (χ1v) is 10.8. The first-order valence-electron chi connectivity index (χ1n) is 9.26. The predicted molar refractivity (Wildman–Crippen MR) is 123 cm³/mol. The van der Waals surface area contributed by atoms with Crippen molar-refractivity contribution in [3.8, 4) is 11.5 Å². The number of rotatable bonds is 9. The van der Waals surface area contributed by atoms with Gasteiger partial charge in [0.2, 0.25) is 0 Å². The van der Waals surface area contributed by atoms with Crippen molar-refractivity contribution in [3.63, 3.8) is 0 Å². The van der Waals surface area contributed by atoms with Gasteiger partial charge in [0.25, 0.3) is 11.8 Å². The number of ether oxygens (including phenoxy) is 2. The lowest BCUT2D eigenvalue weighted by Crippen LogP contribution is -2.43. The van der Waals surface area contributed by atoms with Crippen molar-refractivity contribution in [2.24, 2.45) is 5.10 Å². The van der Waals surface area contributed by atoms with Crippen LogP contribution in [0.4, 0.5) is 0 Å². The minimum absolute atomic E-state index is 0.356. The van der Waals surface area contributed by atoms with Gasteiger partial charge < -0.3 is 14.8 Å². The normalized spacial score (nSPS) is 11.8. The van der Waals surface area contributed by atoms with E-state index in [0.29, 0.717) is 33.7 Å². The Labute approximate surface area is 192 Å². The summed E-state index contributed by atoms with van der Waals surface area (Å²) >= 11 is 6.78. The number of amides is 2. The van der Waals surface area contributed by atoms with Crippen LogP contribution in [0.25, 0.3) is 0 Å². The van der Waals surface area contributed by atoms with Crippen molar-refractivity contribution in [2.75, 3.05) is 13.7 Å². The highest BCUT2D eigenvalue weighted by Gasteiger charge is 2.17. The molecule has 0 heterocycles. The topological polar surface area (TPSA) is 89.0 Å². The van der Waals surface area contributed by atoms with Gasteiger partial charge in [0.1, 0.15) is 6.04 Å². The first kappa shape index (κ1) is 23.9. The monoisotopic (exact) mass is 539 g/mol. The first-order chi connectivity index (χ1) is 14.4. The summed E-state index contributed by atoms with van der Waals surface area (Å²) in [4.78, 5) is 24.5. The average molecular weight is 541 g/mol. The van der Waals surface area contributed by atoms with Crippen LogP contribution in [0.15, 0.2) is 50.4 Å². The van der Waals surface area contributed by atoms with Crippen LogP contribution in [0.1, 0.15) is 36.2 Å². The SMILES string of the molecule is CCCOc1c(Br)cc(C=NNC(=O)C(C)NC(=O)c2ccccc2Br)cc1OC. The highest BCUT2D eigenvalue weighted by molar-refractivity contribution is 9.10. The maximum Gasteiger partial charge on any atom is 0.262 e. The summed E-state index contributed by atoms with van der Waals surface area (Å²) in [5.41, 5.74) is 3.57. The largest absolute Gasteiger partial charge is 0.493 e. The van der Waals surface area contributed by atoms with E-state index in [2.05, 4.69) is 47.7 Å². The number of nitrogens with one attached hydrogen (secondary N) is 2. The molecule has 0 saturated carbocycles. The smallest absolute Gasteiger partial charge is 0.262 e. The second kappa shape index (κ2) is 11.7. The minimum atomic E-state index is -0.771. The molecule has 160 valence electrons. The van der Waals surface area contributed by atoms with Gasteiger partial charge in [-0.05, 0) is 75.0 Å². The lowest BCUT2D eigenvalue weighted by molar-refractivity contribution is -0.122. The molecular formula is C21H23Br2N3O4. The lowest BCUT2D eigenvalue weighted by Gasteiger charge is -2.13. The van der Waals surface area contributed by atoms with Gasteiger partial charge >= 0.3 is 0 Å². The van der Waals surface area contributed by atoms with Crippen LogP contribution in [0.2, 0.25) is 0 Å². The molecule has 0 aliphatic carbocycles. The molecule has 7 nitrogen and oxygen atoms in total. The molecule has 2 N–H and O–H groups in total. The van der Waals surface area contributed by atoms with E-state index in [-0.39, 0.29) is 5.91 Å². The van der Waals surface area contributed by atoms with Crippen LogP contribution in [0, 0.1) is 0 Å². The second-order valence-corrected chi connectivity index (χ2v) is 8.00. The predicted octanol–water partition coefficient (Wildman–Crippen LogP) is 4.28. The molecule has 0 saturated heterocycles. The van der Waals surface area contributed by atoms with E-state index in [1.54, 1.807) is 44.4 Å². The van der Waals surface area contributed by atoms with Crippen LogP contribution in [-0.2, 0) is 4.79 Å². The van der Waals surface area contributed by atoms with Crippen molar-refractivity contribution in [3.05, 3.63) is 56.5 Å². The van der Waals surface area contributed by atoms with E-state index < -0.39 is 11.9 Å². The van der Waals surface area contributed by atoms with Gasteiger partial charge in [0, 0.05) is 4.47 Å². The molecule has 2 rings (SSSR count). The summed E-state index contributed by atoms with van der Waals surface area (Å²) < 4.78 is 12.4. The second-order valence-electron chi connectivity index (χ2n) is 6.29. The minimum Gasteiger partial charge on any atom is -0.493 e. The average Bonchev–Trinajstić information content (AvgIpc) is 2.72. The number of halogens is 2. The summed E-state index contributed by atoms with van der Waals surface area (Å²) in [6.07, 6.45) is 2.36. The number of hydrazone groups is 1. The Kier molecular flexibility index (Phi) is 9.32. The van der Waals surface area contributed by atoms with Crippen LogP contribution >= 0.6 is 31.9 Å². The third-order valence-electron chi connectivity index (χ3n) is 3.95. The Balaban J connectivity index is 1.99. The zero-order chi connectivity index (χ0) is 22.1. The van der Waals surface area contributed by atoms with Crippen molar-refractivity contribution in [2.45, 2.75) is 26.3 Å². The van der Waals surface area contributed by atoms with Crippen molar-refractivity contribution in [1.29, 1.82) is 0 Å². The Morgan fingerprint density at radius 2 is 1.93 bits per heavy atom. The van der Waals surface area contributed by atoms with Gasteiger partial charge in [0.05, 0.1) is 30.0 Å². The molecule has 0 spiro atoms. The fourth-order valence-electron chi connectivity index (χ4n) is 2.41. The van der Waals surface area contributed by atoms with Gasteiger partial charge in [0.15, 0.2) is 11.5 Å². The summed E-state index contributed by atoms with van der Waals surface area (Å²) in [5.74, 6) is 0.370. The van der Waals surface area contributed by atoms with E-state index in [0.717, 1.165) is 10.9 Å². The fourth-order valence-corrected chi connectivity index (χ4v) is 3.45. The number of methoxy groups -OCH3 is 1. The number of carbonyl (C=O) groups is 2. The summed E-state index contributed by atoms with van der Waals surface area (Å²) in [6.45, 7) is 4.17. The Morgan fingerprint density at radius 1 is 1.20 bits per heavy atom. The zero-order valence-electron chi connectivity index (χ0n) is 16.9. The molecule has 0 fully saturated rings. The third kappa shape index (κ3) is 6.56. The standard InChI is InChI=1S/C21H23Br2N3O4/c1-4-9-30-19-17(23)10-14(11-18(19)29-3)12-24-26-20(27)13(2)25-21(28)15-7-5-6-8-16(15)22/h5-8,10-13H,4,9H2,1-3H3,(H,25,28)(H,26,27). The number of hydrogen-bond donors (Lipinski definition) is 2. The number of hydrogen-bond acceptors (Lipinski definition) is 5. The quantitative estimate of drug-likeness (QED) is 0.367. The highest BCUT2D eigenvalue weighted by atomic mass is 79.9. The van der Waals surface area contributed by atoms with Crippen LogP contribution in [0.3, 0.4) is 0 Å². The Morgan fingerprint density at radius 3 is 2.60 bits per heavy atom. The van der Waals surface area contributed by atoms with Gasteiger partial charge in [-0.15, -0.1) is 0 Å². The Hall–Kier alpha value is -2.39. The van der Waals surface area contributed by atoms with Crippen LogP contribution < -0.4 is 20.2 Å². The van der Waals surface area contributed by atoms with E-state index in [1.165, 1.54) is 6.21 Å². The van der Waals surface area contributed by atoms with Crippen molar-refractivity contribution < 1.29 is 19.1 Å². The summed E-state index contributed by atoms with van der Waals surface area (Å²) in [7, 11) is 1.55. The van der Waals surface area contributed by atoms with Gasteiger partial charge in [-0.2, -0.15) is 5.10 Å². The van der Waals surface area contributed by atoms with Crippen LogP contribution in [0.5, 0.6) is 11.5 Å². The molecule has 0 radical (unpaired) electrons. The number of benzene rings is 2. The van der Waals surface area contributed by atoms with E-state index in [9.17, 15) is 9.59 Å². The van der Waals surface area contributed by atoms with Crippen molar-refractivity contribution in [1.82, 2.24) is 10.7 Å². The maximum absolute atomic E-state index is 12.3. The van der Waals surface area contributed by atoms with E-state index in [4.69, 9.17) is 9.47 Å². The summed E-state index contributed by atoms with van der Waals surface area (Å²) in [6, 6.07) is 9.77. The molecule has 0 aromatic heterocycles. The fraction of sp³-hybridized carbons (Fsp3) is 0.286. The van der Waals surface area contributed by atoms with Crippen LogP contribution in [-0.4, -0.2) is 37.8 Å². The van der Waals surface area contributed by atoms with Crippen molar-refractivity contribution >= 4 is 49.9 Å². The molecule has 9 heteroatoms. The third-order valence-corrected chi connectivity index (χ3v) is 5.23. The highest BCUT2D eigenvalue weighted by Crippen LogP contribution is 2.36. The molecule has 0 aliphatic rings. The van der Waals surface area contributed by atoms with Gasteiger partial charge in [-0.3, -0.25) is 9.59 Å².